The number of ether oxygens (including phenoxy) is 1. The van der Waals surface area contributed by atoms with E-state index in [0.717, 1.165) is 0 Å². The summed E-state index contributed by atoms with van der Waals surface area (Å²) in [5.74, 6) is -1.22. The standard InChI is InChI=1S/C16H21FN2O3/c1-4-11(2)15(16(21)22-3)18-9-8-14(20)19-13-7-5-6-12(17)10-13/h4-7,10-11,15,18H,1,8-9H2,2-3H3,(H,19,20). The minimum atomic E-state index is -0.551. The number of hydrogen-bond acceptors (Lipinski definition) is 4. The highest BCUT2D eigenvalue weighted by Crippen LogP contribution is 2.09. The van der Waals surface area contributed by atoms with Gasteiger partial charge < -0.3 is 15.4 Å². The molecule has 0 radical (unpaired) electrons. The first-order valence-corrected chi connectivity index (χ1v) is 6.97. The van der Waals surface area contributed by atoms with E-state index in [2.05, 4.69) is 17.2 Å². The van der Waals surface area contributed by atoms with Gasteiger partial charge in [-0.3, -0.25) is 9.59 Å². The first-order valence-electron chi connectivity index (χ1n) is 6.97. The fraction of sp³-hybridized carbons (Fsp3) is 0.375. The number of carbonyl (C=O) groups excluding carboxylic acids is 2. The summed E-state index contributed by atoms with van der Waals surface area (Å²) in [5, 5.41) is 5.56. The van der Waals surface area contributed by atoms with Crippen LogP contribution in [0.25, 0.3) is 0 Å². The maximum atomic E-state index is 13.0. The van der Waals surface area contributed by atoms with Crippen LogP contribution < -0.4 is 10.6 Å². The second-order valence-corrected chi connectivity index (χ2v) is 4.86. The quantitative estimate of drug-likeness (QED) is 0.570. The van der Waals surface area contributed by atoms with Crippen LogP contribution in [0.1, 0.15) is 13.3 Å². The molecule has 1 aromatic rings. The molecule has 0 heterocycles. The topological polar surface area (TPSA) is 67.4 Å². The van der Waals surface area contributed by atoms with E-state index in [-0.39, 0.29) is 18.2 Å². The minimum Gasteiger partial charge on any atom is -0.468 e. The van der Waals surface area contributed by atoms with Gasteiger partial charge in [-0.25, -0.2) is 4.39 Å². The van der Waals surface area contributed by atoms with Crippen molar-refractivity contribution in [3.8, 4) is 0 Å². The molecule has 0 aliphatic heterocycles. The van der Waals surface area contributed by atoms with Crippen molar-refractivity contribution in [3.63, 3.8) is 0 Å². The number of halogens is 1. The van der Waals surface area contributed by atoms with E-state index < -0.39 is 17.8 Å². The molecule has 1 aromatic carbocycles. The molecule has 22 heavy (non-hydrogen) atoms. The van der Waals surface area contributed by atoms with Crippen molar-refractivity contribution in [2.75, 3.05) is 19.0 Å². The number of esters is 1. The van der Waals surface area contributed by atoms with Crippen LogP contribution in [0.5, 0.6) is 0 Å². The molecule has 0 saturated carbocycles. The van der Waals surface area contributed by atoms with E-state index in [0.29, 0.717) is 12.2 Å². The summed E-state index contributed by atoms with van der Waals surface area (Å²) in [6, 6.07) is 5.11. The first-order chi connectivity index (χ1) is 10.5. The molecule has 1 amide bonds. The van der Waals surface area contributed by atoms with Gasteiger partial charge in [0, 0.05) is 18.7 Å². The molecule has 120 valence electrons. The lowest BCUT2D eigenvalue weighted by atomic mass is 10.0. The SMILES string of the molecule is C=CC(C)C(NCCC(=O)Nc1cccc(F)c1)C(=O)OC. The summed E-state index contributed by atoms with van der Waals surface area (Å²) in [6.45, 7) is 5.76. The molecule has 0 fully saturated rings. The van der Waals surface area contributed by atoms with Crippen molar-refractivity contribution in [3.05, 3.63) is 42.7 Å². The zero-order valence-corrected chi connectivity index (χ0v) is 12.8. The summed E-state index contributed by atoms with van der Waals surface area (Å²) in [7, 11) is 1.31. The fourth-order valence-corrected chi connectivity index (χ4v) is 1.88. The van der Waals surface area contributed by atoms with Gasteiger partial charge in [-0.1, -0.05) is 19.1 Å². The lowest BCUT2D eigenvalue weighted by Crippen LogP contribution is -2.43. The van der Waals surface area contributed by atoms with Gasteiger partial charge in [0.15, 0.2) is 0 Å². The molecular formula is C16H21FN2O3. The summed E-state index contributed by atoms with van der Waals surface area (Å²) in [5.41, 5.74) is 0.397. The molecule has 0 bridgehead atoms. The number of methoxy groups -OCH3 is 1. The normalized spacial score (nSPS) is 13.0. The van der Waals surface area contributed by atoms with Crippen molar-refractivity contribution < 1.29 is 18.7 Å². The van der Waals surface area contributed by atoms with Crippen molar-refractivity contribution in [2.45, 2.75) is 19.4 Å². The largest absolute Gasteiger partial charge is 0.468 e. The van der Waals surface area contributed by atoms with Crippen LogP contribution >= 0.6 is 0 Å². The Kier molecular flexibility index (Phi) is 7.25. The number of carbonyl (C=O) groups is 2. The summed E-state index contributed by atoms with van der Waals surface area (Å²) in [6.07, 6.45) is 1.79. The first kappa shape index (κ1) is 17.8. The van der Waals surface area contributed by atoms with Crippen LogP contribution in [0.3, 0.4) is 0 Å². The molecule has 5 nitrogen and oxygen atoms in total. The summed E-state index contributed by atoms with van der Waals surface area (Å²) >= 11 is 0. The maximum absolute atomic E-state index is 13.0. The summed E-state index contributed by atoms with van der Waals surface area (Å²) < 4.78 is 17.7. The van der Waals surface area contributed by atoms with Gasteiger partial charge in [-0.05, 0) is 24.1 Å². The Hall–Kier alpha value is -2.21. The van der Waals surface area contributed by atoms with Crippen LogP contribution in [0.2, 0.25) is 0 Å². The average molecular weight is 308 g/mol. The average Bonchev–Trinajstić information content (AvgIpc) is 2.50. The number of rotatable bonds is 8. The van der Waals surface area contributed by atoms with Gasteiger partial charge in [0.2, 0.25) is 5.91 Å². The van der Waals surface area contributed by atoms with E-state index >= 15 is 0 Å². The zero-order valence-electron chi connectivity index (χ0n) is 12.8. The molecule has 0 aromatic heterocycles. The molecule has 6 heteroatoms. The van der Waals surface area contributed by atoms with Gasteiger partial charge in [0.25, 0.3) is 0 Å². The molecular weight excluding hydrogens is 287 g/mol. The zero-order chi connectivity index (χ0) is 16.5. The Labute approximate surface area is 129 Å². The molecule has 0 spiro atoms. The van der Waals surface area contributed by atoms with E-state index in [9.17, 15) is 14.0 Å². The van der Waals surface area contributed by atoms with Crippen LogP contribution in [0, 0.1) is 11.7 Å². The highest BCUT2D eigenvalue weighted by Gasteiger charge is 2.23. The van der Waals surface area contributed by atoms with Gasteiger partial charge in [0.1, 0.15) is 11.9 Å². The fourth-order valence-electron chi connectivity index (χ4n) is 1.88. The number of anilines is 1. The van der Waals surface area contributed by atoms with Crippen molar-refractivity contribution >= 4 is 17.6 Å². The molecule has 0 aliphatic carbocycles. The van der Waals surface area contributed by atoms with Gasteiger partial charge >= 0.3 is 5.97 Å². The molecule has 0 saturated heterocycles. The Morgan fingerprint density at radius 2 is 2.18 bits per heavy atom. The lowest BCUT2D eigenvalue weighted by molar-refractivity contribution is -0.144. The smallest absolute Gasteiger partial charge is 0.323 e. The summed E-state index contributed by atoms with van der Waals surface area (Å²) in [4.78, 5) is 23.4. The van der Waals surface area contributed by atoms with E-state index in [1.165, 1.54) is 25.3 Å². The van der Waals surface area contributed by atoms with Crippen molar-refractivity contribution in [2.24, 2.45) is 5.92 Å². The molecule has 1 rings (SSSR count). The molecule has 0 aliphatic rings. The highest BCUT2D eigenvalue weighted by molar-refractivity contribution is 5.90. The third-order valence-electron chi connectivity index (χ3n) is 3.18. The Balaban J connectivity index is 2.45. The second-order valence-electron chi connectivity index (χ2n) is 4.86. The van der Waals surface area contributed by atoms with E-state index in [1.807, 2.05) is 6.92 Å². The number of benzene rings is 1. The highest BCUT2D eigenvalue weighted by atomic mass is 19.1. The Morgan fingerprint density at radius 1 is 1.45 bits per heavy atom. The maximum Gasteiger partial charge on any atom is 0.323 e. The minimum absolute atomic E-state index is 0.126. The number of amides is 1. The van der Waals surface area contributed by atoms with Gasteiger partial charge in [-0.15, -0.1) is 6.58 Å². The third-order valence-corrected chi connectivity index (χ3v) is 3.18. The predicted molar refractivity (Wildman–Crippen MR) is 82.8 cm³/mol. The van der Waals surface area contributed by atoms with Gasteiger partial charge in [-0.2, -0.15) is 0 Å². The third kappa shape index (κ3) is 5.65. The Morgan fingerprint density at radius 3 is 2.77 bits per heavy atom. The lowest BCUT2D eigenvalue weighted by Gasteiger charge is -2.20. The van der Waals surface area contributed by atoms with E-state index in [1.54, 1.807) is 12.1 Å². The monoisotopic (exact) mass is 308 g/mol. The van der Waals surface area contributed by atoms with Crippen LogP contribution in [0.15, 0.2) is 36.9 Å². The van der Waals surface area contributed by atoms with Crippen LogP contribution in [-0.4, -0.2) is 31.6 Å². The predicted octanol–water partition coefficient (Wildman–Crippen LogP) is 2.11. The second kappa shape index (κ2) is 8.94. The van der Waals surface area contributed by atoms with Gasteiger partial charge in [0.05, 0.1) is 7.11 Å². The molecule has 2 N–H and O–H groups in total. The van der Waals surface area contributed by atoms with Crippen LogP contribution in [0.4, 0.5) is 10.1 Å². The Bertz CT molecular complexity index is 534. The van der Waals surface area contributed by atoms with E-state index in [4.69, 9.17) is 4.74 Å². The van der Waals surface area contributed by atoms with Crippen molar-refractivity contribution in [1.82, 2.24) is 5.32 Å². The van der Waals surface area contributed by atoms with Crippen LogP contribution in [-0.2, 0) is 14.3 Å². The molecule has 2 unspecified atom stereocenters. The number of nitrogens with one attached hydrogen (secondary N) is 2. The number of hydrogen-bond donors (Lipinski definition) is 2. The van der Waals surface area contributed by atoms with Crippen molar-refractivity contribution in [1.29, 1.82) is 0 Å². The molecule has 2 atom stereocenters.